The quantitative estimate of drug-likeness (QED) is 0.467. The highest BCUT2D eigenvalue weighted by atomic mass is 16.3. The van der Waals surface area contributed by atoms with Crippen LogP contribution in [0.5, 0.6) is 0 Å². The number of benzene rings is 2. The molecule has 170 valence electrons. The van der Waals surface area contributed by atoms with E-state index in [0.717, 1.165) is 49.0 Å². The van der Waals surface area contributed by atoms with E-state index in [1.165, 1.54) is 0 Å². The van der Waals surface area contributed by atoms with Gasteiger partial charge in [-0.1, -0.05) is 67.6 Å². The van der Waals surface area contributed by atoms with Crippen molar-refractivity contribution in [3.05, 3.63) is 101 Å². The smallest absolute Gasteiger partial charge is 0.329 e. The summed E-state index contributed by atoms with van der Waals surface area (Å²) in [5.74, 6) is 0.0777. The third-order valence-electron chi connectivity index (χ3n) is 7.11. The van der Waals surface area contributed by atoms with Gasteiger partial charge in [0.05, 0.1) is 11.7 Å². The number of fused-ring (bicyclic) bond motifs is 1. The maximum absolute atomic E-state index is 12.8. The summed E-state index contributed by atoms with van der Waals surface area (Å²) in [6, 6.07) is 23.7. The number of H-pyrrole nitrogens is 1. The maximum Gasteiger partial charge on any atom is 0.329 e. The van der Waals surface area contributed by atoms with Gasteiger partial charge in [-0.2, -0.15) is 0 Å². The Morgan fingerprint density at radius 3 is 2.18 bits per heavy atom. The number of nitrogens with zero attached hydrogens (tertiary/aromatic N) is 3. The highest BCUT2D eigenvalue weighted by molar-refractivity contribution is 5.70. The molecule has 2 aromatic heterocycles. The number of aromatic amines is 1. The van der Waals surface area contributed by atoms with Crippen molar-refractivity contribution < 1.29 is 5.11 Å². The molecule has 2 N–H and O–H groups in total. The van der Waals surface area contributed by atoms with Gasteiger partial charge in [0.15, 0.2) is 5.65 Å². The van der Waals surface area contributed by atoms with Crippen molar-refractivity contribution >= 4 is 11.2 Å². The summed E-state index contributed by atoms with van der Waals surface area (Å²) in [7, 11) is 0. The first kappa shape index (κ1) is 21.6. The van der Waals surface area contributed by atoms with Crippen molar-refractivity contribution in [2.45, 2.75) is 38.0 Å². The van der Waals surface area contributed by atoms with Gasteiger partial charge in [-0.15, -0.1) is 0 Å². The normalized spacial score (nSPS) is 16.8. The first-order valence-corrected chi connectivity index (χ1v) is 11.8. The molecule has 6 nitrogen and oxygen atoms in total. The number of hydrogen-bond acceptors (Lipinski definition) is 4. The number of likely N-dealkylation sites (tertiary alicyclic amines) is 1. The molecule has 1 saturated heterocycles. The van der Waals surface area contributed by atoms with E-state index in [1.54, 1.807) is 10.8 Å². The number of pyridine rings is 1. The Kier molecular flexibility index (Phi) is 5.87. The number of hydrogen-bond donors (Lipinski definition) is 2. The molecule has 5 rings (SSSR count). The molecular weight excluding hydrogens is 412 g/mol. The van der Waals surface area contributed by atoms with Crippen LogP contribution in [0.25, 0.3) is 11.2 Å². The molecule has 33 heavy (non-hydrogen) atoms. The minimum absolute atomic E-state index is 0.0661. The average molecular weight is 443 g/mol. The maximum atomic E-state index is 12.8. The lowest BCUT2D eigenvalue weighted by Crippen LogP contribution is -2.47. The third kappa shape index (κ3) is 3.79. The van der Waals surface area contributed by atoms with Gasteiger partial charge in [0.1, 0.15) is 5.60 Å². The van der Waals surface area contributed by atoms with Gasteiger partial charge < -0.3 is 10.1 Å². The molecule has 1 unspecified atom stereocenters. The molecule has 3 heterocycles. The monoisotopic (exact) mass is 442 g/mol. The van der Waals surface area contributed by atoms with Gasteiger partial charge in [-0.25, -0.2) is 9.78 Å². The second kappa shape index (κ2) is 8.96. The van der Waals surface area contributed by atoms with E-state index >= 15 is 0 Å². The SMILES string of the molecule is CCC(N1CCC(C(O)(c2ccccc2)c2ccccc2)CC1)n1c(=O)[nH]c2cccnc21. The Hall–Kier alpha value is -3.22. The fourth-order valence-electron chi connectivity index (χ4n) is 5.48. The summed E-state index contributed by atoms with van der Waals surface area (Å²) >= 11 is 0. The predicted molar refractivity (Wildman–Crippen MR) is 130 cm³/mol. The van der Waals surface area contributed by atoms with Crippen molar-refractivity contribution in [3.8, 4) is 0 Å². The molecule has 0 bridgehead atoms. The number of nitrogens with one attached hydrogen (secondary N) is 1. The fourth-order valence-corrected chi connectivity index (χ4v) is 5.48. The second-order valence-corrected chi connectivity index (χ2v) is 8.87. The van der Waals surface area contributed by atoms with Crippen LogP contribution in [0, 0.1) is 5.92 Å². The van der Waals surface area contributed by atoms with E-state index in [1.807, 2.05) is 72.8 Å². The molecular formula is C27H30N4O2. The standard InChI is InChI=1S/C27H30N4O2/c1-2-24(31-25-23(29-26(31)32)14-9-17-28-25)30-18-15-22(16-19-30)27(33,20-10-5-3-6-11-20)21-12-7-4-8-13-21/h3-14,17,22,24,33H,2,15-16,18-19H2,1H3,(H,29,32). The molecule has 1 aliphatic rings. The average Bonchev–Trinajstić information content (AvgIpc) is 3.21. The number of piperidine rings is 1. The topological polar surface area (TPSA) is 74.2 Å². The minimum atomic E-state index is -1.05. The van der Waals surface area contributed by atoms with E-state index in [4.69, 9.17) is 0 Å². The first-order chi connectivity index (χ1) is 16.1. The Balaban J connectivity index is 1.43. The fraction of sp³-hybridized carbons (Fsp3) is 0.333. The largest absolute Gasteiger partial charge is 0.380 e. The molecule has 4 aromatic rings. The van der Waals surface area contributed by atoms with E-state index in [9.17, 15) is 9.90 Å². The van der Waals surface area contributed by atoms with Crippen LogP contribution in [0.4, 0.5) is 0 Å². The first-order valence-electron chi connectivity index (χ1n) is 11.8. The zero-order valence-electron chi connectivity index (χ0n) is 18.9. The van der Waals surface area contributed by atoms with Gasteiger partial charge in [0.25, 0.3) is 0 Å². The van der Waals surface area contributed by atoms with Crippen LogP contribution >= 0.6 is 0 Å². The summed E-state index contributed by atoms with van der Waals surface area (Å²) in [6.07, 6.45) is 4.13. The molecule has 0 saturated carbocycles. The molecule has 0 spiro atoms. The van der Waals surface area contributed by atoms with Crippen LogP contribution in [-0.2, 0) is 5.60 Å². The Morgan fingerprint density at radius 2 is 1.61 bits per heavy atom. The summed E-state index contributed by atoms with van der Waals surface area (Å²) in [5.41, 5.74) is 2.15. The Morgan fingerprint density at radius 1 is 1.00 bits per heavy atom. The molecule has 1 aliphatic heterocycles. The van der Waals surface area contributed by atoms with Crippen LogP contribution in [0.15, 0.2) is 83.8 Å². The molecule has 0 radical (unpaired) electrons. The lowest BCUT2D eigenvalue weighted by Gasteiger charge is -2.44. The molecule has 1 atom stereocenters. The highest BCUT2D eigenvalue weighted by Gasteiger charge is 2.42. The van der Waals surface area contributed by atoms with Crippen LogP contribution < -0.4 is 5.69 Å². The van der Waals surface area contributed by atoms with E-state index in [-0.39, 0.29) is 17.8 Å². The van der Waals surface area contributed by atoms with Gasteiger partial charge in [0.2, 0.25) is 0 Å². The molecule has 0 amide bonds. The Bertz CT molecular complexity index is 1220. The number of aromatic nitrogens is 3. The van der Waals surface area contributed by atoms with Crippen molar-refractivity contribution in [2.75, 3.05) is 13.1 Å². The summed E-state index contributed by atoms with van der Waals surface area (Å²) in [6.45, 7) is 3.71. The number of imidazole rings is 1. The number of aliphatic hydroxyl groups is 1. The van der Waals surface area contributed by atoms with E-state index in [0.29, 0.717) is 5.65 Å². The van der Waals surface area contributed by atoms with Crippen molar-refractivity contribution in [2.24, 2.45) is 5.92 Å². The van der Waals surface area contributed by atoms with E-state index in [2.05, 4.69) is 21.8 Å². The zero-order chi connectivity index (χ0) is 22.8. The molecule has 1 fully saturated rings. The summed E-state index contributed by atoms with van der Waals surface area (Å²) in [4.78, 5) is 22.5. The summed E-state index contributed by atoms with van der Waals surface area (Å²) in [5, 5.41) is 12.1. The van der Waals surface area contributed by atoms with Crippen LogP contribution in [0.1, 0.15) is 43.5 Å². The van der Waals surface area contributed by atoms with Crippen LogP contribution in [0.2, 0.25) is 0 Å². The van der Waals surface area contributed by atoms with Crippen molar-refractivity contribution in [1.29, 1.82) is 0 Å². The second-order valence-electron chi connectivity index (χ2n) is 8.87. The van der Waals surface area contributed by atoms with Gasteiger partial charge in [-0.05, 0) is 48.4 Å². The van der Waals surface area contributed by atoms with Crippen LogP contribution in [-0.4, -0.2) is 37.6 Å². The third-order valence-corrected chi connectivity index (χ3v) is 7.11. The van der Waals surface area contributed by atoms with Crippen LogP contribution in [0.3, 0.4) is 0 Å². The summed E-state index contributed by atoms with van der Waals surface area (Å²) < 4.78 is 1.79. The van der Waals surface area contributed by atoms with Crippen molar-refractivity contribution in [3.63, 3.8) is 0 Å². The molecule has 0 aliphatic carbocycles. The molecule has 6 heteroatoms. The minimum Gasteiger partial charge on any atom is -0.380 e. The number of rotatable bonds is 6. The van der Waals surface area contributed by atoms with Gasteiger partial charge in [0, 0.05) is 19.3 Å². The highest BCUT2D eigenvalue weighted by Crippen LogP contribution is 2.42. The lowest BCUT2D eigenvalue weighted by atomic mass is 9.72. The molecule has 2 aromatic carbocycles. The lowest BCUT2D eigenvalue weighted by molar-refractivity contribution is -0.0273. The van der Waals surface area contributed by atoms with Gasteiger partial charge >= 0.3 is 5.69 Å². The Labute approximate surface area is 193 Å². The van der Waals surface area contributed by atoms with E-state index < -0.39 is 5.60 Å². The van der Waals surface area contributed by atoms with Gasteiger partial charge in [-0.3, -0.25) is 9.47 Å². The van der Waals surface area contributed by atoms with Crippen molar-refractivity contribution in [1.82, 2.24) is 19.4 Å². The predicted octanol–water partition coefficient (Wildman–Crippen LogP) is 4.28. The zero-order valence-corrected chi connectivity index (χ0v) is 18.9.